The number of aryl methyl sites for hydroxylation is 3. The highest BCUT2D eigenvalue weighted by Crippen LogP contribution is 2.20. The third kappa shape index (κ3) is 4.43. The van der Waals surface area contributed by atoms with E-state index in [1.165, 1.54) is 10.9 Å². The number of ether oxygens (including phenoxy) is 1. The second-order valence-corrected chi connectivity index (χ2v) is 7.69. The number of hydrogen-bond acceptors (Lipinski definition) is 4. The van der Waals surface area contributed by atoms with Crippen LogP contribution in [0.5, 0.6) is 0 Å². The topological polar surface area (TPSA) is 84.3 Å². The van der Waals surface area contributed by atoms with Gasteiger partial charge >= 0.3 is 5.63 Å². The predicted octanol–water partition coefficient (Wildman–Crippen LogP) is 3.37. The van der Waals surface area contributed by atoms with Crippen LogP contribution in [0, 0.1) is 12.8 Å². The summed E-state index contributed by atoms with van der Waals surface area (Å²) in [5.41, 5.74) is 2.45. The minimum Gasteiger partial charge on any atom is -0.427 e. The molecule has 0 aliphatic carbocycles. The summed E-state index contributed by atoms with van der Waals surface area (Å²) in [6.07, 6.45) is 5.23. The van der Waals surface area contributed by atoms with E-state index < -0.39 is 5.63 Å². The van der Waals surface area contributed by atoms with Crippen LogP contribution in [-0.4, -0.2) is 30.6 Å². The fraction of sp³-hybridized carbons (Fsp3) is 0.391. The number of benzene rings is 1. The van der Waals surface area contributed by atoms with Gasteiger partial charge in [0.2, 0.25) is 0 Å². The van der Waals surface area contributed by atoms with E-state index in [4.69, 9.17) is 9.15 Å². The van der Waals surface area contributed by atoms with Crippen LogP contribution in [0.2, 0.25) is 0 Å². The Labute approximate surface area is 169 Å². The van der Waals surface area contributed by atoms with E-state index in [1.54, 1.807) is 13.0 Å². The molecule has 1 fully saturated rings. The maximum atomic E-state index is 12.5. The van der Waals surface area contributed by atoms with E-state index >= 15 is 0 Å². The molecule has 0 saturated carbocycles. The van der Waals surface area contributed by atoms with Crippen LogP contribution in [0.25, 0.3) is 10.9 Å². The lowest BCUT2D eigenvalue weighted by Crippen LogP contribution is -2.31. The SMILES string of the molecule is Cc1cc(CCc2c[nH]c3ccccc23)oc(=O)c1C(=O)NCCC1CCOC1. The monoisotopic (exact) mass is 394 g/mol. The van der Waals surface area contributed by atoms with Gasteiger partial charge in [0.15, 0.2) is 0 Å². The minimum atomic E-state index is -0.569. The van der Waals surface area contributed by atoms with Crippen molar-refractivity contribution in [2.24, 2.45) is 5.92 Å². The van der Waals surface area contributed by atoms with Crippen LogP contribution in [0.3, 0.4) is 0 Å². The number of carbonyl (C=O) groups is 1. The van der Waals surface area contributed by atoms with Crippen LogP contribution in [0.15, 0.2) is 45.7 Å². The molecule has 1 saturated heterocycles. The molecule has 1 aliphatic heterocycles. The molecular formula is C23H26N2O4. The Balaban J connectivity index is 1.39. The van der Waals surface area contributed by atoms with E-state index in [2.05, 4.69) is 16.4 Å². The van der Waals surface area contributed by atoms with Gasteiger partial charge in [0.1, 0.15) is 11.3 Å². The van der Waals surface area contributed by atoms with Gasteiger partial charge in [0.25, 0.3) is 5.91 Å². The Kier molecular flexibility index (Phi) is 5.81. The first-order valence-corrected chi connectivity index (χ1v) is 10.2. The number of aromatic amines is 1. The second kappa shape index (κ2) is 8.66. The molecule has 152 valence electrons. The average molecular weight is 394 g/mol. The van der Waals surface area contributed by atoms with Crippen LogP contribution in [0.4, 0.5) is 0 Å². The molecular weight excluding hydrogens is 368 g/mol. The van der Waals surface area contributed by atoms with Gasteiger partial charge in [-0.3, -0.25) is 4.79 Å². The van der Waals surface area contributed by atoms with Crippen molar-refractivity contribution in [2.45, 2.75) is 32.6 Å². The number of rotatable bonds is 7. The van der Waals surface area contributed by atoms with Crippen molar-refractivity contribution in [3.63, 3.8) is 0 Å². The molecule has 0 spiro atoms. The number of nitrogens with one attached hydrogen (secondary N) is 2. The molecule has 0 radical (unpaired) electrons. The van der Waals surface area contributed by atoms with Crippen molar-refractivity contribution in [3.8, 4) is 0 Å². The Morgan fingerprint density at radius 1 is 1.28 bits per heavy atom. The summed E-state index contributed by atoms with van der Waals surface area (Å²) in [5, 5.41) is 4.02. The van der Waals surface area contributed by atoms with Crippen LogP contribution < -0.4 is 10.9 Å². The Morgan fingerprint density at radius 3 is 2.93 bits per heavy atom. The Bertz CT molecular complexity index is 1060. The molecule has 6 nitrogen and oxygen atoms in total. The molecule has 1 unspecified atom stereocenters. The zero-order valence-corrected chi connectivity index (χ0v) is 16.6. The highest BCUT2D eigenvalue weighted by atomic mass is 16.5. The molecule has 6 heteroatoms. The number of aromatic nitrogens is 1. The van der Waals surface area contributed by atoms with Crippen molar-refractivity contribution >= 4 is 16.8 Å². The zero-order valence-electron chi connectivity index (χ0n) is 16.6. The fourth-order valence-electron chi connectivity index (χ4n) is 3.95. The van der Waals surface area contributed by atoms with E-state index in [1.807, 2.05) is 24.4 Å². The van der Waals surface area contributed by atoms with Gasteiger partial charge in [0, 0.05) is 43.3 Å². The van der Waals surface area contributed by atoms with Crippen molar-refractivity contribution in [3.05, 3.63) is 69.4 Å². The van der Waals surface area contributed by atoms with Gasteiger partial charge in [-0.25, -0.2) is 4.79 Å². The maximum absolute atomic E-state index is 12.5. The molecule has 1 atom stereocenters. The summed E-state index contributed by atoms with van der Waals surface area (Å²) < 4.78 is 10.8. The largest absolute Gasteiger partial charge is 0.427 e. The van der Waals surface area contributed by atoms with Crippen LogP contribution in [-0.2, 0) is 17.6 Å². The number of hydrogen-bond donors (Lipinski definition) is 2. The summed E-state index contributed by atoms with van der Waals surface area (Å²) in [7, 11) is 0. The zero-order chi connectivity index (χ0) is 20.2. The Hall–Kier alpha value is -2.86. The quantitative estimate of drug-likeness (QED) is 0.643. The molecule has 0 bridgehead atoms. The maximum Gasteiger partial charge on any atom is 0.349 e. The lowest BCUT2D eigenvalue weighted by atomic mass is 10.0. The molecule has 29 heavy (non-hydrogen) atoms. The van der Waals surface area contributed by atoms with Crippen LogP contribution in [0.1, 0.15) is 40.1 Å². The van der Waals surface area contributed by atoms with E-state index in [0.717, 1.165) is 38.0 Å². The second-order valence-electron chi connectivity index (χ2n) is 7.69. The lowest BCUT2D eigenvalue weighted by molar-refractivity contribution is 0.0945. The third-order valence-electron chi connectivity index (χ3n) is 5.60. The lowest BCUT2D eigenvalue weighted by Gasteiger charge is -2.10. The number of para-hydroxylation sites is 1. The molecule has 1 aromatic carbocycles. The number of carbonyl (C=O) groups excluding carboxylic acids is 1. The van der Waals surface area contributed by atoms with Gasteiger partial charge in [-0.05, 0) is 55.4 Å². The number of H-pyrrole nitrogens is 1. The first-order valence-electron chi connectivity index (χ1n) is 10.2. The molecule has 2 N–H and O–H groups in total. The first-order chi connectivity index (χ1) is 14.1. The smallest absolute Gasteiger partial charge is 0.349 e. The van der Waals surface area contributed by atoms with Crippen molar-refractivity contribution < 1.29 is 13.9 Å². The van der Waals surface area contributed by atoms with Crippen molar-refractivity contribution in [2.75, 3.05) is 19.8 Å². The summed E-state index contributed by atoms with van der Waals surface area (Å²) >= 11 is 0. The molecule has 2 aromatic heterocycles. The summed E-state index contributed by atoms with van der Waals surface area (Å²) in [6, 6.07) is 9.92. The van der Waals surface area contributed by atoms with Crippen molar-refractivity contribution in [1.29, 1.82) is 0 Å². The molecule has 3 heterocycles. The normalized spacial score (nSPS) is 16.4. The van der Waals surface area contributed by atoms with Crippen LogP contribution >= 0.6 is 0 Å². The third-order valence-corrected chi connectivity index (χ3v) is 5.60. The minimum absolute atomic E-state index is 0.100. The van der Waals surface area contributed by atoms with E-state index in [-0.39, 0.29) is 11.5 Å². The summed E-state index contributed by atoms with van der Waals surface area (Å²) in [4.78, 5) is 28.2. The Morgan fingerprint density at radius 2 is 2.14 bits per heavy atom. The number of amides is 1. The van der Waals surface area contributed by atoms with E-state index in [0.29, 0.717) is 30.2 Å². The summed E-state index contributed by atoms with van der Waals surface area (Å²) in [5.74, 6) is 0.718. The highest BCUT2D eigenvalue weighted by molar-refractivity contribution is 5.95. The number of fused-ring (bicyclic) bond motifs is 1. The average Bonchev–Trinajstić information content (AvgIpc) is 3.36. The molecule has 3 aromatic rings. The van der Waals surface area contributed by atoms with E-state index in [9.17, 15) is 9.59 Å². The van der Waals surface area contributed by atoms with Gasteiger partial charge < -0.3 is 19.5 Å². The highest BCUT2D eigenvalue weighted by Gasteiger charge is 2.19. The van der Waals surface area contributed by atoms with Gasteiger partial charge in [-0.2, -0.15) is 0 Å². The first kappa shape index (κ1) is 19.5. The van der Waals surface area contributed by atoms with Crippen molar-refractivity contribution in [1.82, 2.24) is 10.3 Å². The van der Waals surface area contributed by atoms with Gasteiger partial charge in [-0.15, -0.1) is 0 Å². The van der Waals surface area contributed by atoms with Gasteiger partial charge in [0.05, 0.1) is 0 Å². The fourth-order valence-corrected chi connectivity index (χ4v) is 3.95. The summed E-state index contributed by atoms with van der Waals surface area (Å²) in [6.45, 7) is 3.86. The van der Waals surface area contributed by atoms with Gasteiger partial charge in [-0.1, -0.05) is 18.2 Å². The standard InChI is InChI=1S/C23H26N2O4/c1-15-12-18(7-6-17-13-25-20-5-3-2-4-19(17)20)29-23(27)21(15)22(26)24-10-8-16-9-11-28-14-16/h2-5,12-13,16,25H,6-11,14H2,1H3,(H,24,26). The molecule has 4 rings (SSSR count). The molecule has 1 amide bonds. The molecule has 1 aliphatic rings. The predicted molar refractivity (Wildman–Crippen MR) is 111 cm³/mol.